The molecule has 3 aromatic carbocycles. The molecule has 9 heteroatoms. The lowest BCUT2D eigenvalue weighted by Crippen LogP contribution is -2.44. The van der Waals surface area contributed by atoms with Crippen molar-refractivity contribution < 1.29 is 14.3 Å². The van der Waals surface area contributed by atoms with Crippen LogP contribution in [-0.4, -0.2) is 45.1 Å². The van der Waals surface area contributed by atoms with E-state index in [1.165, 1.54) is 18.0 Å². The summed E-state index contributed by atoms with van der Waals surface area (Å²) in [5.41, 5.74) is 5.46. The van der Waals surface area contributed by atoms with Crippen molar-refractivity contribution in [1.82, 2.24) is 20.2 Å². The van der Waals surface area contributed by atoms with Gasteiger partial charge in [-0.25, -0.2) is 9.97 Å². The quantitative estimate of drug-likeness (QED) is 0.124. The van der Waals surface area contributed by atoms with Crippen LogP contribution in [0.15, 0.2) is 110 Å². The van der Waals surface area contributed by atoms with Crippen LogP contribution in [0.2, 0.25) is 5.15 Å². The number of benzene rings is 3. The predicted octanol–water partition coefficient (Wildman–Crippen LogP) is 9.27. The first-order valence-corrected chi connectivity index (χ1v) is 17.4. The highest BCUT2D eigenvalue weighted by Gasteiger charge is 2.46. The summed E-state index contributed by atoms with van der Waals surface area (Å²) in [6, 6.07) is 29.5. The molecule has 2 amide bonds. The van der Waals surface area contributed by atoms with E-state index < -0.39 is 0 Å². The van der Waals surface area contributed by atoms with Crippen molar-refractivity contribution in [3.8, 4) is 22.8 Å². The summed E-state index contributed by atoms with van der Waals surface area (Å²) in [4.78, 5) is 37.4. The minimum Gasteiger partial charge on any atom is -0.457 e. The third-order valence-corrected chi connectivity index (χ3v) is 10.8. The minimum atomic E-state index is -0.196. The molecule has 4 atom stereocenters. The normalized spacial score (nSPS) is 19.5. The van der Waals surface area contributed by atoms with E-state index in [1.54, 1.807) is 12.1 Å². The Kier molecular flexibility index (Phi) is 9.19. The lowest BCUT2D eigenvalue weighted by Gasteiger charge is -2.39. The van der Waals surface area contributed by atoms with Crippen LogP contribution in [0.5, 0.6) is 11.5 Å². The van der Waals surface area contributed by atoms with Gasteiger partial charge in [0.15, 0.2) is 0 Å². The molecule has 48 heavy (non-hydrogen) atoms. The van der Waals surface area contributed by atoms with Crippen molar-refractivity contribution in [3.63, 3.8) is 0 Å². The second kappa shape index (κ2) is 13.8. The third-order valence-electron chi connectivity index (χ3n) is 9.32. The standard InChI is InChI=1S/C39H35ClN4O3S/c1-3-25(22-42-38(45)28-12-16-36(40)41-23-28)27-17-18-44-35(20-27)37(48-39(44)46)32-21-34(43-33-15-9-24(2)19-31(32)33)26-10-13-30(14-11-26)47-29-7-5-4-6-8-29/h3-16,19,21,23,25,27,35,37H,1,17-18,20,22H2,2H3,(H,42,45)/t25-,27-,35-,37-/m0/s1. The van der Waals surface area contributed by atoms with Gasteiger partial charge >= 0.3 is 0 Å². The Labute approximate surface area is 289 Å². The number of carbonyl (C=O) groups is 2. The average molecular weight is 675 g/mol. The summed E-state index contributed by atoms with van der Waals surface area (Å²) >= 11 is 7.31. The van der Waals surface area contributed by atoms with Gasteiger partial charge in [-0.1, -0.05) is 59.3 Å². The predicted molar refractivity (Wildman–Crippen MR) is 193 cm³/mol. The number of ether oxygens (including phenoxy) is 1. The van der Waals surface area contributed by atoms with Gasteiger partial charge < -0.3 is 15.0 Å². The molecule has 0 aliphatic carbocycles. The van der Waals surface area contributed by atoms with E-state index in [0.717, 1.165) is 57.6 Å². The molecule has 4 heterocycles. The van der Waals surface area contributed by atoms with Crippen LogP contribution in [0.25, 0.3) is 22.2 Å². The number of aromatic nitrogens is 2. The van der Waals surface area contributed by atoms with E-state index in [0.29, 0.717) is 23.8 Å². The number of amides is 2. The van der Waals surface area contributed by atoms with Crippen molar-refractivity contribution in [2.75, 3.05) is 13.1 Å². The van der Waals surface area contributed by atoms with Gasteiger partial charge in [0.2, 0.25) is 0 Å². The molecule has 0 unspecified atom stereocenters. The van der Waals surface area contributed by atoms with Crippen LogP contribution in [-0.2, 0) is 0 Å². The van der Waals surface area contributed by atoms with Crippen molar-refractivity contribution in [3.05, 3.63) is 132 Å². The summed E-state index contributed by atoms with van der Waals surface area (Å²) in [6.07, 6.45) is 5.08. The van der Waals surface area contributed by atoms with Crippen molar-refractivity contribution in [2.24, 2.45) is 11.8 Å². The first-order valence-electron chi connectivity index (χ1n) is 16.1. The Balaban J connectivity index is 1.15. The number of hydrogen-bond acceptors (Lipinski definition) is 6. The number of para-hydroxylation sites is 1. The number of thioether (sulfide) groups is 1. The topological polar surface area (TPSA) is 84.4 Å². The summed E-state index contributed by atoms with van der Waals surface area (Å²) in [7, 11) is 0. The maximum absolute atomic E-state index is 13.4. The molecule has 0 spiro atoms. The maximum Gasteiger partial charge on any atom is 0.282 e. The second-order valence-corrected chi connectivity index (χ2v) is 13.9. The Morgan fingerprint density at radius 1 is 1.08 bits per heavy atom. The summed E-state index contributed by atoms with van der Waals surface area (Å²) < 4.78 is 6.02. The van der Waals surface area contributed by atoms with E-state index in [1.807, 2.05) is 65.6 Å². The monoisotopic (exact) mass is 674 g/mol. The van der Waals surface area contributed by atoms with Gasteiger partial charge in [-0.05, 0) is 104 Å². The third kappa shape index (κ3) is 6.68. The van der Waals surface area contributed by atoms with Crippen LogP contribution in [0, 0.1) is 18.8 Å². The average Bonchev–Trinajstić information content (AvgIpc) is 3.44. The van der Waals surface area contributed by atoms with E-state index in [2.05, 4.69) is 48.1 Å². The SMILES string of the molecule is C=C[C@@H](CNC(=O)c1ccc(Cl)nc1)[C@H]1CCN2C(=O)S[C@@H](c3cc(-c4ccc(Oc5ccccc5)cc4)nc4ccc(C)cc34)[C@@H]2C1. The fourth-order valence-corrected chi connectivity index (χ4v) is 8.21. The largest absolute Gasteiger partial charge is 0.457 e. The zero-order valence-electron chi connectivity index (χ0n) is 26.5. The number of carbonyl (C=O) groups excluding carboxylic acids is 2. The number of nitrogens with zero attached hydrogens (tertiary/aromatic N) is 3. The van der Waals surface area contributed by atoms with Gasteiger partial charge in [0.25, 0.3) is 11.1 Å². The molecule has 2 saturated heterocycles. The van der Waals surface area contributed by atoms with Gasteiger partial charge in [-0.3, -0.25) is 9.59 Å². The van der Waals surface area contributed by atoms with E-state index in [4.69, 9.17) is 21.3 Å². The van der Waals surface area contributed by atoms with E-state index in [9.17, 15) is 9.59 Å². The number of hydrogen-bond donors (Lipinski definition) is 1. The number of halogens is 1. The first-order chi connectivity index (χ1) is 23.4. The zero-order valence-corrected chi connectivity index (χ0v) is 28.1. The zero-order chi connectivity index (χ0) is 33.2. The molecule has 5 aromatic rings. The highest BCUT2D eigenvalue weighted by atomic mass is 35.5. The lowest BCUT2D eigenvalue weighted by atomic mass is 9.79. The number of rotatable bonds is 9. The molecular weight excluding hydrogens is 640 g/mol. The van der Waals surface area contributed by atoms with Crippen LogP contribution < -0.4 is 10.1 Å². The van der Waals surface area contributed by atoms with Crippen LogP contribution in [0.3, 0.4) is 0 Å². The molecule has 7 rings (SSSR count). The Morgan fingerprint density at radius 3 is 2.62 bits per heavy atom. The summed E-state index contributed by atoms with van der Waals surface area (Å²) in [5.74, 6) is 1.65. The second-order valence-electron chi connectivity index (χ2n) is 12.4. The minimum absolute atomic E-state index is 0.0143. The van der Waals surface area contributed by atoms with Gasteiger partial charge in [0, 0.05) is 36.3 Å². The number of pyridine rings is 2. The van der Waals surface area contributed by atoms with E-state index in [-0.39, 0.29) is 34.3 Å². The van der Waals surface area contributed by atoms with Gasteiger partial charge in [0.1, 0.15) is 16.7 Å². The first kappa shape index (κ1) is 31.9. The Morgan fingerprint density at radius 2 is 1.88 bits per heavy atom. The number of nitrogens with one attached hydrogen (secondary N) is 1. The van der Waals surface area contributed by atoms with Crippen molar-refractivity contribution >= 4 is 45.4 Å². The Bertz CT molecular complexity index is 1970. The smallest absolute Gasteiger partial charge is 0.282 e. The maximum atomic E-state index is 13.4. The van der Waals surface area contributed by atoms with Crippen molar-refractivity contribution in [1.29, 1.82) is 0 Å². The van der Waals surface area contributed by atoms with E-state index >= 15 is 0 Å². The highest BCUT2D eigenvalue weighted by molar-refractivity contribution is 8.14. The molecule has 242 valence electrons. The fourth-order valence-electron chi connectivity index (χ4n) is 6.79. The van der Waals surface area contributed by atoms with Crippen molar-refractivity contribution in [2.45, 2.75) is 31.1 Å². The molecule has 0 saturated carbocycles. The summed E-state index contributed by atoms with van der Waals surface area (Å²) in [6.45, 7) is 7.34. The van der Waals surface area contributed by atoms with Crippen LogP contribution in [0.1, 0.15) is 39.6 Å². The molecule has 7 nitrogen and oxygen atoms in total. The Hall–Kier alpha value is -4.66. The summed E-state index contributed by atoms with van der Waals surface area (Å²) in [5, 5.41) is 4.52. The lowest BCUT2D eigenvalue weighted by molar-refractivity contribution is 0.0934. The van der Waals surface area contributed by atoms with Crippen LogP contribution >= 0.6 is 23.4 Å². The highest BCUT2D eigenvalue weighted by Crippen LogP contribution is 2.51. The molecule has 2 fully saturated rings. The number of aryl methyl sites for hydroxylation is 1. The van der Waals surface area contributed by atoms with Crippen LogP contribution in [0.4, 0.5) is 4.79 Å². The number of piperidine rings is 1. The van der Waals surface area contributed by atoms with Gasteiger partial charge in [0.05, 0.1) is 22.0 Å². The molecule has 0 bridgehead atoms. The molecule has 2 aliphatic heterocycles. The molecule has 1 N–H and O–H groups in total. The molecule has 2 aliphatic rings. The molecular formula is C39H35ClN4O3S. The fraction of sp³-hybridized carbons (Fsp3) is 0.231. The van der Waals surface area contributed by atoms with Gasteiger partial charge in [-0.15, -0.1) is 6.58 Å². The molecule has 0 radical (unpaired) electrons. The van der Waals surface area contributed by atoms with Gasteiger partial charge in [-0.2, -0.15) is 0 Å². The number of fused-ring (bicyclic) bond motifs is 2. The molecule has 2 aromatic heterocycles.